The summed E-state index contributed by atoms with van der Waals surface area (Å²) in [6.45, 7) is 0.749. The zero-order valence-electron chi connectivity index (χ0n) is 11.7. The van der Waals surface area contributed by atoms with Gasteiger partial charge in [0, 0.05) is 18.5 Å². The normalized spacial score (nSPS) is 13.4. The zero-order valence-corrected chi connectivity index (χ0v) is 12.5. The van der Waals surface area contributed by atoms with E-state index < -0.39 is 15.9 Å². The smallest absolute Gasteiger partial charge is 0.286 e. The van der Waals surface area contributed by atoms with Crippen molar-refractivity contribution in [3.8, 4) is 11.5 Å². The minimum atomic E-state index is -3.96. The summed E-state index contributed by atoms with van der Waals surface area (Å²) in [5, 5.41) is 0. The molecule has 2 aromatic rings. The zero-order chi connectivity index (χ0) is 16.3. The van der Waals surface area contributed by atoms with Gasteiger partial charge >= 0.3 is 0 Å². The van der Waals surface area contributed by atoms with Gasteiger partial charge in [-0.2, -0.15) is 0 Å². The minimum absolute atomic E-state index is 0.0163. The van der Waals surface area contributed by atoms with Gasteiger partial charge in [0.1, 0.15) is 18.9 Å². The lowest BCUT2D eigenvalue weighted by molar-refractivity contribution is 0.0939. The first-order valence-electron chi connectivity index (χ1n) is 6.54. The van der Waals surface area contributed by atoms with Crippen LogP contribution in [0, 0.1) is 0 Å². The van der Waals surface area contributed by atoms with Crippen LogP contribution in [0.25, 0.3) is 0 Å². The van der Waals surface area contributed by atoms with E-state index in [0.29, 0.717) is 24.7 Å². The molecular weight excluding hydrogens is 324 g/mol. The second kappa shape index (κ2) is 6.18. The molecule has 1 amide bonds. The average molecular weight is 336 g/mol. The number of carbonyl (C=O) groups excluding carboxylic acids is 1. The Hall–Kier alpha value is -2.72. The van der Waals surface area contributed by atoms with Crippen LogP contribution in [0.3, 0.4) is 0 Å². The maximum Gasteiger partial charge on any atom is 0.286 e. The summed E-state index contributed by atoms with van der Waals surface area (Å²) in [7, 11) is -3.96. The molecule has 0 aliphatic carbocycles. The molecule has 0 spiro atoms. The number of rotatable bonds is 4. The number of hydrogen-bond acceptors (Lipinski definition) is 7. The van der Waals surface area contributed by atoms with E-state index in [-0.39, 0.29) is 10.6 Å². The Morgan fingerprint density at radius 3 is 2.65 bits per heavy atom. The molecule has 0 fully saturated rings. The molecule has 2 N–H and O–H groups in total. The van der Waals surface area contributed by atoms with Crippen molar-refractivity contribution in [3.63, 3.8) is 0 Å². The number of nitrogens with one attached hydrogen (secondary N) is 2. The van der Waals surface area contributed by atoms with E-state index in [9.17, 15) is 13.2 Å². The first-order chi connectivity index (χ1) is 11.1. The van der Waals surface area contributed by atoms with Crippen LogP contribution in [0.5, 0.6) is 11.5 Å². The van der Waals surface area contributed by atoms with Crippen LogP contribution in [-0.2, 0) is 10.0 Å². The fourth-order valence-electron chi connectivity index (χ4n) is 1.84. The van der Waals surface area contributed by atoms with Gasteiger partial charge < -0.3 is 9.47 Å². The van der Waals surface area contributed by atoms with E-state index in [1.165, 1.54) is 36.8 Å². The van der Waals surface area contributed by atoms with Crippen molar-refractivity contribution >= 4 is 15.9 Å². The Kier molecular flexibility index (Phi) is 4.08. The first-order valence-corrected chi connectivity index (χ1v) is 8.02. The quantitative estimate of drug-likeness (QED) is 0.746. The third kappa shape index (κ3) is 3.38. The van der Waals surface area contributed by atoms with Crippen molar-refractivity contribution in [1.29, 1.82) is 0 Å². The monoisotopic (exact) mass is 336 g/mol. The van der Waals surface area contributed by atoms with E-state index in [1.54, 1.807) is 0 Å². The van der Waals surface area contributed by atoms with Gasteiger partial charge in [0.15, 0.2) is 11.5 Å². The van der Waals surface area contributed by atoms with Gasteiger partial charge in [0.25, 0.3) is 15.9 Å². The number of sulfonamides is 1. The minimum Gasteiger partial charge on any atom is -0.486 e. The molecule has 3 rings (SSSR count). The summed E-state index contributed by atoms with van der Waals surface area (Å²) in [5.74, 6) is 0.0809. The standard InChI is InChI=1S/C13H12N4O5S/c18-13(10-8-14-3-4-15-10)16-17-23(19,20)9-1-2-11-12(7-9)22-6-5-21-11/h1-4,7-8,17H,5-6H2,(H,16,18). The van der Waals surface area contributed by atoms with Crippen LogP contribution in [0.2, 0.25) is 0 Å². The molecule has 1 aliphatic rings. The van der Waals surface area contributed by atoms with Crippen molar-refractivity contribution in [2.45, 2.75) is 4.90 Å². The number of ether oxygens (including phenoxy) is 2. The largest absolute Gasteiger partial charge is 0.486 e. The molecule has 10 heteroatoms. The van der Waals surface area contributed by atoms with Crippen LogP contribution in [-0.4, -0.2) is 37.5 Å². The Labute approximate surface area is 131 Å². The highest BCUT2D eigenvalue weighted by Gasteiger charge is 2.20. The molecule has 9 nitrogen and oxygen atoms in total. The van der Waals surface area contributed by atoms with Crippen LogP contribution < -0.4 is 19.7 Å². The van der Waals surface area contributed by atoms with E-state index in [2.05, 4.69) is 15.4 Å². The third-order valence-corrected chi connectivity index (χ3v) is 4.16. The van der Waals surface area contributed by atoms with Crippen LogP contribution in [0.1, 0.15) is 10.5 Å². The van der Waals surface area contributed by atoms with Crippen molar-refractivity contribution in [3.05, 3.63) is 42.5 Å². The predicted octanol–water partition coefficient (Wildman–Crippen LogP) is -0.129. The van der Waals surface area contributed by atoms with E-state index in [1.807, 2.05) is 4.83 Å². The van der Waals surface area contributed by atoms with Crippen LogP contribution in [0.15, 0.2) is 41.7 Å². The molecule has 0 radical (unpaired) electrons. The molecule has 1 aromatic carbocycles. The number of aromatic nitrogens is 2. The predicted molar refractivity (Wildman–Crippen MR) is 77.3 cm³/mol. The van der Waals surface area contributed by atoms with Crippen molar-refractivity contribution < 1.29 is 22.7 Å². The average Bonchev–Trinajstić information content (AvgIpc) is 2.60. The Bertz CT molecular complexity index is 826. The summed E-state index contributed by atoms with van der Waals surface area (Å²) in [6.07, 6.45) is 3.94. The van der Waals surface area contributed by atoms with Crippen LogP contribution >= 0.6 is 0 Å². The summed E-state index contributed by atoms with van der Waals surface area (Å²) in [5.41, 5.74) is 2.05. The Morgan fingerprint density at radius 2 is 1.91 bits per heavy atom. The van der Waals surface area contributed by atoms with E-state index in [4.69, 9.17) is 9.47 Å². The van der Waals surface area contributed by atoms with Crippen molar-refractivity contribution in [1.82, 2.24) is 20.2 Å². The fraction of sp³-hybridized carbons (Fsp3) is 0.154. The van der Waals surface area contributed by atoms with Gasteiger partial charge in [-0.15, -0.1) is 4.83 Å². The lowest BCUT2D eigenvalue weighted by atomic mass is 10.3. The van der Waals surface area contributed by atoms with Gasteiger partial charge in [-0.3, -0.25) is 15.2 Å². The lowest BCUT2D eigenvalue weighted by Crippen LogP contribution is -2.41. The number of carbonyl (C=O) groups is 1. The molecule has 0 atom stereocenters. The summed E-state index contributed by atoms with van der Waals surface area (Å²) < 4.78 is 35.0. The molecule has 1 aliphatic heterocycles. The van der Waals surface area contributed by atoms with Crippen molar-refractivity contribution in [2.75, 3.05) is 13.2 Å². The van der Waals surface area contributed by atoms with Gasteiger partial charge in [-0.05, 0) is 12.1 Å². The molecule has 23 heavy (non-hydrogen) atoms. The second-order valence-corrected chi connectivity index (χ2v) is 6.14. The van der Waals surface area contributed by atoms with E-state index >= 15 is 0 Å². The molecule has 1 aromatic heterocycles. The SMILES string of the molecule is O=C(NNS(=O)(=O)c1ccc2c(c1)OCCO2)c1cnccn1. The molecule has 0 saturated carbocycles. The second-order valence-electron chi connectivity index (χ2n) is 4.46. The fourth-order valence-corrected chi connectivity index (χ4v) is 2.70. The Morgan fingerprint density at radius 1 is 1.13 bits per heavy atom. The summed E-state index contributed by atoms with van der Waals surface area (Å²) in [4.78, 5) is 21.2. The van der Waals surface area contributed by atoms with E-state index in [0.717, 1.165) is 0 Å². The highest BCUT2D eigenvalue weighted by molar-refractivity contribution is 7.89. The molecule has 0 unspecified atom stereocenters. The molecular formula is C13H12N4O5S. The van der Waals surface area contributed by atoms with Gasteiger partial charge in [-0.1, -0.05) is 0 Å². The third-order valence-electron chi connectivity index (χ3n) is 2.92. The summed E-state index contributed by atoms with van der Waals surface area (Å²) in [6, 6.07) is 4.17. The molecule has 0 saturated heterocycles. The van der Waals surface area contributed by atoms with Crippen molar-refractivity contribution in [2.24, 2.45) is 0 Å². The first kappa shape index (κ1) is 15.2. The number of benzene rings is 1. The highest BCUT2D eigenvalue weighted by Crippen LogP contribution is 2.31. The number of hydrogen-bond donors (Lipinski definition) is 2. The Balaban J connectivity index is 1.73. The highest BCUT2D eigenvalue weighted by atomic mass is 32.2. The van der Waals surface area contributed by atoms with Crippen LogP contribution in [0.4, 0.5) is 0 Å². The van der Waals surface area contributed by atoms with Gasteiger partial charge in [-0.25, -0.2) is 13.4 Å². The number of amides is 1. The maximum atomic E-state index is 12.2. The van der Waals surface area contributed by atoms with Gasteiger partial charge in [0.2, 0.25) is 0 Å². The lowest BCUT2D eigenvalue weighted by Gasteiger charge is -2.18. The molecule has 2 heterocycles. The number of nitrogens with zero attached hydrogens (tertiary/aromatic N) is 2. The summed E-state index contributed by atoms with van der Waals surface area (Å²) >= 11 is 0. The maximum absolute atomic E-state index is 12.2. The van der Waals surface area contributed by atoms with Gasteiger partial charge in [0.05, 0.1) is 11.1 Å². The number of fused-ring (bicyclic) bond motifs is 1. The number of hydrazine groups is 1. The molecule has 0 bridgehead atoms. The topological polar surface area (TPSA) is 120 Å². The molecule has 120 valence electrons.